The maximum Gasteiger partial charge on any atom is 0.348 e. The molecule has 1 unspecified atom stereocenters. The second kappa shape index (κ2) is 12.3. The average molecular weight is 472 g/mol. The predicted molar refractivity (Wildman–Crippen MR) is 134 cm³/mol. The zero-order valence-corrected chi connectivity index (χ0v) is 20.9. The molecule has 1 aromatic heterocycles. The molecule has 1 saturated heterocycles. The third-order valence-electron chi connectivity index (χ3n) is 6.13. The van der Waals surface area contributed by atoms with Crippen molar-refractivity contribution in [2.45, 2.75) is 96.8 Å². The van der Waals surface area contributed by atoms with E-state index in [4.69, 9.17) is 4.74 Å². The average Bonchev–Trinajstić information content (AvgIpc) is 3.40. The Bertz CT molecular complexity index is 905. The van der Waals surface area contributed by atoms with E-state index >= 15 is 0 Å². The van der Waals surface area contributed by atoms with E-state index in [0.29, 0.717) is 11.3 Å². The van der Waals surface area contributed by atoms with Gasteiger partial charge in [0.2, 0.25) is 5.91 Å². The third-order valence-corrected chi connectivity index (χ3v) is 7.25. The summed E-state index contributed by atoms with van der Waals surface area (Å²) in [4.78, 5) is 28.4. The lowest BCUT2D eigenvalue weighted by atomic mass is 10.0. The number of hydrogen-bond acceptors (Lipinski definition) is 5. The molecule has 1 aromatic carbocycles. The summed E-state index contributed by atoms with van der Waals surface area (Å²) >= 11 is 1.50. The molecule has 1 aliphatic rings. The number of hydrogen-bond donors (Lipinski definition) is 1. The van der Waals surface area contributed by atoms with Gasteiger partial charge in [-0.2, -0.15) is 0 Å². The molecule has 0 aliphatic carbocycles. The van der Waals surface area contributed by atoms with Gasteiger partial charge in [-0.25, -0.2) is 4.79 Å². The lowest BCUT2D eigenvalue weighted by molar-refractivity contribution is -0.117. The van der Waals surface area contributed by atoms with Crippen LogP contribution in [0.1, 0.15) is 98.4 Å². The number of aliphatic hydroxyl groups is 1. The van der Waals surface area contributed by atoms with E-state index in [9.17, 15) is 14.7 Å². The summed E-state index contributed by atoms with van der Waals surface area (Å²) in [7, 11) is 0. The van der Waals surface area contributed by atoms with Crippen LogP contribution in [0.2, 0.25) is 0 Å². The molecule has 180 valence electrons. The fraction of sp³-hybridized carbons (Fsp3) is 0.556. The number of anilines is 1. The summed E-state index contributed by atoms with van der Waals surface area (Å²) in [5.41, 5.74) is 1.84. The van der Waals surface area contributed by atoms with Gasteiger partial charge < -0.3 is 14.7 Å². The van der Waals surface area contributed by atoms with E-state index in [-0.39, 0.29) is 24.0 Å². The number of amides is 1. The molecule has 0 bridgehead atoms. The summed E-state index contributed by atoms with van der Waals surface area (Å²) in [6.45, 7) is 5.86. The van der Waals surface area contributed by atoms with Crippen molar-refractivity contribution < 1.29 is 19.4 Å². The van der Waals surface area contributed by atoms with Crippen molar-refractivity contribution in [1.29, 1.82) is 0 Å². The topological polar surface area (TPSA) is 66.8 Å². The summed E-state index contributed by atoms with van der Waals surface area (Å²) in [5, 5.41) is 10.4. The fourth-order valence-electron chi connectivity index (χ4n) is 4.39. The number of aliphatic hydroxyl groups excluding tert-OH is 1. The van der Waals surface area contributed by atoms with Crippen molar-refractivity contribution in [2.24, 2.45) is 0 Å². The molecule has 5 nitrogen and oxygen atoms in total. The lowest BCUT2D eigenvalue weighted by Gasteiger charge is -2.25. The first-order chi connectivity index (χ1) is 15.9. The van der Waals surface area contributed by atoms with Crippen molar-refractivity contribution in [2.75, 3.05) is 4.90 Å². The minimum Gasteiger partial charge on any atom is -0.459 e. The van der Waals surface area contributed by atoms with Crippen LogP contribution in [0.25, 0.3) is 0 Å². The van der Waals surface area contributed by atoms with Crippen LogP contribution < -0.4 is 4.90 Å². The summed E-state index contributed by atoms with van der Waals surface area (Å²) < 4.78 is 5.27. The molecular formula is C27H37NO4S. The molecule has 6 heteroatoms. The molecular weight excluding hydrogens is 434 g/mol. The summed E-state index contributed by atoms with van der Waals surface area (Å²) in [5.74, 6) is -0.0844. The van der Waals surface area contributed by atoms with Crippen LogP contribution in [0.3, 0.4) is 0 Å². The number of carbonyl (C=O) groups excluding carboxylic acids is 2. The maximum absolute atomic E-state index is 12.6. The maximum atomic E-state index is 12.6. The quantitative estimate of drug-likeness (QED) is 0.285. The highest BCUT2D eigenvalue weighted by molar-refractivity contribution is 7.13. The van der Waals surface area contributed by atoms with Crippen molar-refractivity contribution in [3.8, 4) is 0 Å². The van der Waals surface area contributed by atoms with Crippen molar-refractivity contribution in [3.05, 3.63) is 51.7 Å². The normalized spacial score (nSPS) is 17.1. The second-order valence-corrected chi connectivity index (χ2v) is 10.3. The zero-order valence-electron chi connectivity index (χ0n) is 20.1. The van der Waals surface area contributed by atoms with Crippen LogP contribution in [-0.2, 0) is 16.0 Å². The van der Waals surface area contributed by atoms with E-state index in [0.717, 1.165) is 62.6 Å². The molecule has 0 saturated carbocycles. The number of thiophene rings is 1. The predicted octanol–water partition coefficient (Wildman–Crippen LogP) is 6.45. The number of ether oxygens (including phenoxy) is 1. The number of benzene rings is 1. The van der Waals surface area contributed by atoms with E-state index in [1.54, 1.807) is 0 Å². The van der Waals surface area contributed by atoms with Crippen LogP contribution in [-0.4, -0.2) is 29.1 Å². The number of carbonyl (C=O) groups is 2. The van der Waals surface area contributed by atoms with Gasteiger partial charge in [0.05, 0.1) is 12.2 Å². The summed E-state index contributed by atoms with van der Waals surface area (Å²) in [6, 6.07) is 11.9. The third kappa shape index (κ3) is 7.15. The molecule has 1 aliphatic heterocycles. The van der Waals surface area contributed by atoms with Gasteiger partial charge in [-0.3, -0.25) is 4.79 Å². The van der Waals surface area contributed by atoms with Crippen LogP contribution in [0.15, 0.2) is 36.4 Å². The summed E-state index contributed by atoms with van der Waals surface area (Å²) in [6.07, 6.45) is 7.74. The molecule has 1 N–H and O–H groups in total. The van der Waals surface area contributed by atoms with E-state index in [2.05, 4.69) is 6.92 Å². The molecule has 2 aromatic rings. The Balaban J connectivity index is 1.54. The first-order valence-electron chi connectivity index (χ1n) is 12.3. The van der Waals surface area contributed by atoms with Gasteiger partial charge >= 0.3 is 5.97 Å². The van der Waals surface area contributed by atoms with E-state index in [1.807, 2.05) is 55.1 Å². The van der Waals surface area contributed by atoms with Crippen molar-refractivity contribution in [1.82, 2.24) is 0 Å². The second-order valence-electron chi connectivity index (χ2n) is 9.17. The highest BCUT2D eigenvalue weighted by Gasteiger charge is 2.31. The molecule has 2 atom stereocenters. The Labute approximate surface area is 201 Å². The molecule has 0 spiro atoms. The van der Waals surface area contributed by atoms with Crippen molar-refractivity contribution >= 4 is 28.9 Å². The molecule has 33 heavy (non-hydrogen) atoms. The number of unbranched alkanes of at least 4 members (excludes halogenated alkanes) is 2. The van der Waals surface area contributed by atoms with Gasteiger partial charge in [-0.05, 0) is 75.8 Å². The highest BCUT2D eigenvalue weighted by Crippen LogP contribution is 2.31. The molecule has 3 rings (SSSR count). The Hall–Kier alpha value is -2.18. The SMILES string of the molecule is CCCCC[C@@H](O)c1ccc(N2C(=O)CCC2CCCc2ccc(C(=O)OC(C)C)s2)cc1. The fourth-order valence-corrected chi connectivity index (χ4v) is 5.32. The minimum absolute atomic E-state index is 0.118. The van der Waals surface area contributed by atoms with Gasteiger partial charge in [0.15, 0.2) is 0 Å². The molecule has 2 heterocycles. The smallest absolute Gasteiger partial charge is 0.348 e. The Morgan fingerprint density at radius 2 is 1.91 bits per heavy atom. The van der Waals surface area contributed by atoms with Gasteiger partial charge in [0.25, 0.3) is 0 Å². The first-order valence-corrected chi connectivity index (χ1v) is 13.1. The first kappa shape index (κ1) is 25.4. The zero-order chi connectivity index (χ0) is 23.8. The van der Waals surface area contributed by atoms with Crippen LogP contribution in [0.4, 0.5) is 5.69 Å². The molecule has 0 radical (unpaired) electrons. The van der Waals surface area contributed by atoms with Gasteiger partial charge in [0.1, 0.15) is 4.88 Å². The number of rotatable bonds is 12. The number of aryl methyl sites for hydroxylation is 1. The largest absolute Gasteiger partial charge is 0.459 e. The lowest BCUT2D eigenvalue weighted by Crippen LogP contribution is -2.32. The number of nitrogens with zero attached hydrogens (tertiary/aromatic N) is 1. The van der Waals surface area contributed by atoms with E-state index in [1.165, 1.54) is 16.2 Å². The van der Waals surface area contributed by atoms with Gasteiger partial charge in [-0.1, -0.05) is 38.3 Å². The van der Waals surface area contributed by atoms with Crippen LogP contribution in [0.5, 0.6) is 0 Å². The van der Waals surface area contributed by atoms with Crippen LogP contribution in [0, 0.1) is 0 Å². The van der Waals surface area contributed by atoms with Crippen LogP contribution >= 0.6 is 11.3 Å². The Morgan fingerprint density at radius 1 is 1.15 bits per heavy atom. The Morgan fingerprint density at radius 3 is 2.61 bits per heavy atom. The Kier molecular flexibility index (Phi) is 9.51. The standard InChI is InChI=1S/C27H37NO4S/c1-4-5-6-10-24(29)20-11-13-22(14-12-20)28-21(15-18-26(28)30)8-7-9-23-16-17-25(33-23)27(31)32-19(2)3/h11-14,16-17,19,21,24,29H,4-10,15,18H2,1-3H3/t21?,24-/m1/s1. The monoisotopic (exact) mass is 471 g/mol. The molecule has 1 fully saturated rings. The van der Waals surface area contributed by atoms with Gasteiger partial charge in [-0.15, -0.1) is 11.3 Å². The van der Waals surface area contributed by atoms with Gasteiger partial charge in [0, 0.05) is 23.0 Å². The number of esters is 1. The molecule has 1 amide bonds. The van der Waals surface area contributed by atoms with Crippen molar-refractivity contribution in [3.63, 3.8) is 0 Å². The van der Waals surface area contributed by atoms with E-state index < -0.39 is 6.10 Å². The highest BCUT2D eigenvalue weighted by atomic mass is 32.1. The minimum atomic E-state index is -0.441.